The summed E-state index contributed by atoms with van der Waals surface area (Å²) in [6, 6.07) is 0. The lowest BCUT2D eigenvalue weighted by atomic mass is 10.1. The first-order chi connectivity index (χ1) is 10.9. The van der Waals surface area contributed by atoms with Crippen LogP contribution in [0.4, 0.5) is 8.78 Å². The van der Waals surface area contributed by atoms with Crippen LogP contribution in [0, 0.1) is 6.92 Å². The number of halogens is 2. The minimum absolute atomic E-state index is 0.117. The molecule has 1 aromatic heterocycles. The highest BCUT2D eigenvalue weighted by atomic mass is 32.1. The van der Waals surface area contributed by atoms with Gasteiger partial charge in [0, 0.05) is 0 Å². The second-order valence-electron chi connectivity index (χ2n) is 4.99. The third-order valence-corrected chi connectivity index (χ3v) is 4.36. The van der Waals surface area contributed by atoms with Crippen molar-refractivity contribution in [3.8, 4) is 0 Å². The molecule has 6 heteroatoms. The van der Waals surface area contributed by atoms with Crippen molar-refractivity contribution in [3.05, 3.63) is 45.6 Å². The molecule has 1 N–H and O–H groups in total. The van der Waals surface area contributed by atoms with E-state index in [4.69, 9.17) is 4.74 Å². The molecule has 0 bridgehead atoms. The number of aliphatic hydroxyl groups is 1. The smallest absolute Gasteiger partial charge is 0.387 e. The third-order valence-electron chi connectivity index (χ3n) is 3.00. The highest BCUT2D eigenvalue weighted by molar-refractivity contribution is 7.13. The fourth-order valence-corrected chi connectivity index (χ4v) is 2.99. The van der Waals surface area contributed by atoms with Gasteiger partial charge in [0.05, 0.1) is 22.2 Å². The molecule has 3 nitrogen and oxygen atoms in total. The molecule has 0 radical (unpaired) electrons. The van der Waals surface area contributed by atoms with Crippen molar-refractivity contribution >= 4 is 16.9 Å². The van der Waals surface area contributed by atoms with Crippen LogP contribution in [0.15, 0.2) is 30.1 Å². The lowest BCUT2D eigenvalue weighted by Crippen LogP contribution is -2.02. The van der Waals surface area contributed by atoms with E-state index in [1.54, 1.807) is 38.2 Å². The summed E-state index contributed by atoms with van der Waals surface area (Å²) in [5.74, 6) is 0.117. The van der Waals surface area contributed by atoms with E-state index >= 15 is 0 Å². The first kappa shape index (κ1) is 19.5. The van der Waals surface area contributed by atoms with Gasteiger partial charge in [-0.3, -0.25) is 0 Å². The molecular weight excluding hydrogens is 320 g/mol. The topological polar surface area (TPSA) is 42.4 Å². The number of alkyl halides is 2. The highest BCUT2D eigenvalue weighted by Crippen LogP contribution is 2.34. The number of nitrogens with zero attached hydrogens (tertiary/aromatic N) is 1. The maximum Gasteiger partial charge on any atom is 0.387 e. The van der Waals surface area contributed by atoms with Crippen LogP contribution >= 0.6 is 11.3 Å². The van der Waals surface area contributed by atoms with E-state index in [-0.39, 0.29) is 5.76 Å². The van der Waals surface area contributed by atoms with Crippen LogP contribution in [0.2, 0.25) is 0 Å². The number of ether oxygens (including phenoxy) is 1. The molecule has 0 aliphatic heterocycles. The predicted octanol–water partition coefficient (Wildman–Crippen LogP) is 5.39. The van der Waals surface area contributed by atoms with E-state index < -0.39 is 12.7 Å². The number of aryl methyl sites for hydroxylation is 1. The summed E-state index contributed by atoms with van der Waals surface area (Å²) in [5.41, 5.74) is 1.19. The number of thiazole rings is 1. The Morgan fingerprint density at radius 1 is 1.43 bits per heavy atom. The molecule has 0 fully saturated rings. The number of unbranched alkanes of at least 4 members (excludes halogenated alkanes) is 1. The maximum absolute atomic E-state index is 12.8. The first-order valence-corrected chi connectivity index (χ1v) is 8.36. The van der Waals surface area contributed by atoms with E-state index in [9.17, 15) is 13.9 Å². The summed E-state index contributed by atoms with van der Waals surface area (Å²) in [4.78, 5) is 5.13. The number of aromatic nitrogens is 1. The molecule has 1 unspecified atom stereocenters. The van der Waals surface area contributed by atoms with Gasteiger partial charge in [0.1, 0.15) is 10.8 Å². The van der Waals surface area contributed by atoms with E-state index in [0.29, 0.717) is 22.7 Å². The Hall–Kier alpha value is -1.53. The fraction of sp³-hybridized carbons (Fsp3) is 0.471. The van der Waals surface area contributed by atoms with Gasteiger partial charge in [-0.05, 0) is 39.3 Å². The van der Waals surface area contributed by atoms with Crippen molar-refractivity contribution in [1.82, 2.24) is 4.98 Å². The SMILES string of the molecule is C\C=C/C=C(\C(=C\CCC)OC(F)F)c1nc(C)c(C(C)O)s1. The van der Waals surface area contributed by atoms with Gasteiger partial charge in [0.15, 0.2) is 0 Å². The summed E-state index contributed by atoms with van der Waals surface area (Å²) < 4.78 is 30.2. The van der Waals surface area contributed by atoms with E-state index in [1.807, 2.05) is 13.8 Å². The monoisotopic (exact) mass is 343 g/mol. The molecule has 0 aliphatic carbocycles. The van der Waals surface area contributed by atoms with Crippen molar-refractivity contribution in [2.24, 2.45) is 0 Å². The first-order valence-electron chi connectivity index (χ1n) is 7.54. The van der Waals surface area contributed by atoms with Crippen LogP contribution in [0.5, 0.6) is 0 Å². The van der Waals surface area contributed by atoms with Gasteiger partial charge in [-0.15, -0.1) is 11.3 Å². The number of rotatable bonds is 8. The molecule has 23 heavy (non-hydrogen) atoms. The van der Waals surface area contributed by atoms with Crippen LogP contribution in [0.3, 0.4) is 0 Å². The van der Waals surface area contributed by atoms with E-state index in [2.05, 4.69) is 4.98 Å². The molecule has 0 saturated carbocycles. The van der Waals surface area contributed by atoms with Gasteiger partial charge in [-0.1, -0.05) is 25.5 Å². The Balaban J connectivity index is 3.34. The number of hydrogen-bond donors (Lipinski definition) is 1. The number of aliphatic hydroxyl groups excluding tert-OH is 1. The largest absolute Gasteiger partial charge is 0.434 e. The standard InChI is InChI=1S/C17H23F2NO2S/c1-5-7-9-13(14(10-8-6-2)22-17(18)19)16-20-11(3)15(23-16)12(4)21/h5,7,9-10,12,17,21H,6,8H2,1-4H3/b7-5-,13-9+,14-10-. The van der Waals surface area contributed by atoms with Crippen LogP contribution in [0.1, 0.15) is 55.3 Å². The predicted molar refractivity (Wildman–Crippen MR) is 90.4 cm³/mol. The molecule has 1 aromatic rings. The van der Waals surface area contributed by atoms with Gasteiger partial charge >= 0.3 is 6.61 Å². The summed E-state index contributed by atoms with van der Waals surface area (Å²) in [7, 11) is 0. The van der Waals surface area contributed by atoms with Crippen LogP contribution in [-0.4, -0.2) is 16.7 Å². The van der Waals surface area contributed by atoms with E-state index in [1.165, 1.54) is 11.3 Å². The van der Waals surface area contributed by atoms with Gasteiger partial charge in [0.2, 0.25) is 0 Å². The average molecular weight is 343 g/mol. The van der Waals surface area contributed by atoms with Crippen molar-refractivity contribution < 1.29 is 18.6 Å². The molecule has 1 rings (SSSR count). The zero-order valence-electron chi connectivity index (χ0n) is 13.8. The highest BCUT2D eigenvalue weighted by Gasteiger charge is 2.20. The average Bonchev–Trinajstić information content (AvgIpc) is 2.86. The maximum atomic E-state index is 12.8. The Morgan fingerprint density at radius 3 is 2.61 bits per heavy atom. The summed E-state index contributed by atoms with van der Waals surface area (Å²) >= 11 is 1.29. The Bertz CT molecular complexity index is 589. The van der Waals surface area contributed by atoms with Crippen molar-refractivity contribution in [2.75, 3.05) is 0 Å². The van der Waals surface area contributed by atoms with Gasteiger partial charge < -0.3 is 9.84 Å². The van der Waals surface area contributed by atoms with E-state index in [0.717, 1.165) is 11.3 Å². The van der Waals surface area contributed by atoms with Crippen LogP contribution < -0.4 is 0 Å². The minimum atomic E-state index is -2.90. The van der Waals surface area contributed by atoms with Gasteiger partial charge in [-0.2, -0.15) is 8.78 Å². The molecule has 0 spiro atoms. The molecule has 0 amide bonds. The summed E-state index contributed by atoms with van der Waals surface area (Å²) in [6.45, 7) is 4.35. The Labute approximate surface area is 140 Å². The second-order valence-corrected chi connectivity index (χ2v) is 6.02. The lowest BCUT2D eigenvalue weighted by Gasteiger charge is -2.11. The van der Waals surface area contributed by atoms with Gasteiger partial charge in [-0.25, -0.2) is 4.98 Å². The van der Waals surface area contributed by atoms with Crippen molar-refractivity contribution in [3.63, 3.8) is 0 Å². The lowest BCUT2D eigenvalue weighted by molar-refractivity contribution is -0.0910. The molecule has 1 atom stereocenters. The quantitative estimate of drug-likeness (QED) is 0.508. The number of allylic oxidation sites excluding steroid dienone is 5. The van der Waals surface area contributed by atoms with Crippen LogP contribution in [-0.2, 0) is 4.74 Å². The van der Waals surface area contributed by atoms with Crippen molar-refractivity contribution in [1.29, 1.82) is 0 Å². The minimum Gasteiger partial charge on any atom is -0.434 e. The zero-order chi connectivity index (χ0) is 17.4. The second kappa shape index (κ2) is 9.57. The third kappa shape index (κ3) is 5.88. The Kier molecular flexibility index (Phi) is 8.12. The fourth-order valence-electron chi connectivity index (χ4n) is 1.96. The van der Waals surface area contributed by atoms with Gasteiger partial charge in [0.25, 0.3) is 0 Å². The van der Waals surface area contributed by atoms with Crippen molar-refractivity contribution in [2.45, 2.75) is 53.3 Å². The Morgan fingerprint density at radius 2 is 2.13 bits per heavy atom. The number of hydrogen-bond acceptors (Lipinski definition) is 4. The van der Waals surface area contributed by atoms with Crippen LogP contribution in [0.25, 0.3) is 5.57 Å². The molecule has 128 valence electrons. The normalized spacial score (nSPS) is 14.8. The molecule has 0 aliphatic rings. The zero-order valence-corrected chi connectivity index (χ0v) is 14.7. The molecule has 0 aromatic carbocycles. The molecule has 1 heterocycles. The summed E-state index contributed by atoms with van der Waals surface area (Å²) in [6.07, 6.45) is 7.71. The molecular formula is C17H23F2NO2S. The molecule has 0 saturated heterocycles. The summed E-state index contributed by atoms with van der Waals surface area (Å²) in [5, 5.41) is 10.3.